The number of hydrogen-bond donors (Lipinski definition) is 1. The van der Waals surface area contributed by atoms with E-state index in [1.165, 1.54) is 12.1 Å². The Kier molecular flexibility index (Phi) is 7.11. The average Bonchev–Trinajstić information content (AvgIpc) is 2.95. The number of carbonyl (C=O) groups is 2. The molecule has 1 atom stereocenters. The van der Waals surface area contributed by atoms with Gasteiger partial charge in [-0.3, -0.25) is 9.59 Å². The summed E-state index contributed by atoms with van der Waals surface area (Å²) in [5.41, 5.74) is 3.27. The molecule has 0 saturated heterocycles. The third-order valence-corrected chi connectivity index (χ3v) is 5.78. The summed E-state index contributed by atoms with van der Waals surface area (Å²) in [4.78, 5) is 27.2. The quantitative estimate of drug-likeness (QED) is 0.566. The fourth-order valence-electron chi connectivity index (χ4n) is 3.92. The molecule has 4 rings (SSSR count). The van der Waals surface area contributed by atoms with Crippen molar-refractivity contribution in [1.82, 2.24) is 4.90 Å². The van der Waals surface area contributed by atoms with Gasteiger partial charge in [-0.25, -0.2) is 4.39 Å². The lowest BCUT2D eigenvalue weighted by Gasteiger charge is -2.22. The Morgan fingerprint density at radius 3 is 2.50 bits per heavy atom. The maximum atomic E-state index is 13.1. The fraction of sp³-hybridized carbons (Fsp3) is 0.259. The number of nitrogens with one attached hydrogen (secondary N) is 1. The Labute approximate surface area is 198 Å². The van der Waals surface area contributed by atoms with Crippen LogP contribution in [0.15, 0.2) is 66.7 Å². The average molecular weight is 463 g/mol. The molecule has 0 aliphatic carbocycles. The van der Waals surface area contributed by atoms with Crippen molar-refractivity contribution in [3.8, 4) is 11.5 Å². The van der Waals surface area contributed by atoms with Crippen molar-refractivity contribution in [3.05, 3.63) is 89.2 Å². The Bertz CT molecular complexity index is 1160. The minimum atomic E-state index is -0.601. The summed E-state index contributed by atoms with van der Waals surface area (Å²) in [6, 6.07) is 19.0. The zero-order chi connectivity index (χ0) is 24.1. The third-order valence-electron chi connectivity index (χ3n) is 5.78. The highest BCUT2D eigenvalue weighted by atomic mass is 19.1. The van der Waals surface area contributed by atoms with Gasteiger partial charge in [-0.15, -0.1) is 0 Å². The molecule has 0 spiro atoms. The normalized spacial score (nSPS) is 15.2. The number of carbonyl (C=O) groups excluding carboxylic acids is 2. The van der Waals surface area contributed by atoms with Crippen LogP contribution in [0.5, 0.6) is 11.5 Å². The zero-order valence-electron chi connectivity index (χ0n) is 19.2. The first-order valence-electron chi connectivity index (χ1n) is 11.2. The number of halogens is 1. The minimum absolute atomic E-state index is 0.0772. The lowest BCUT2D eigenvalue weighted by molar-refractivity contribution is -0.137. The van der Waals surface area contributed by atoms with Gasteiger partial charge >= 0.3 is 0 Å². The first-order valence-corrected chi connectivity index (χ1v) is 11.2. The van der Waals surface area contributed by atoms with Crippen LogP contribution in [0.2, 0.25) is 0 Å². The summed E-state index contributed by atoms with van der Waals surface area (Å²) in [5, 5.41) is 2.88. The van der Waals surface area contributed by atoms with Gasteiger partial charge in [-0.2, -0.15) is 0 Å². The first-order chi connectivity index (χ1) is 16.4. The van der Waals surface area contributed by atoms with Gasteiger partial charge < -0.3 is 19.7 Å². The molecule has 2 amide bonds. The van der Waals surface area contributed by atoms with Gasteiger partial charge in [0.1, 0.15) is 17.3 Å². The van der Waals surface area contributed by atoms with Crippen LogP contribution in [-0.4, -0.2) is 36.5 Å². The summed E-state index contributed by atoms with van der Waals surface area (Å²) in [6.07, 6.45) is 0.236. The van der Waals surface area contributed by atoms with E-state index in [0.29, 0.717) is 30.9 Å². The first kappa shape index (κ1) is 23.3. The highest BCUT2D eigenvalue weighted by Gasteiger charge is 2.27. The topological polar surface area (TPSA) is 67.9 Å². The van der Waals surface area contributed by atoms with E-state index in [0.717, 1.165) is 22.4 Å². The SMILES string of the molecule is COc1ccc(CCN2Cc3cc(NC(=O)Cc4ccc(F)cc4)ccc3O[C@H](C)C2=O)cc1. The van der Waals surface area contributed by atoms with Crippen LogP contribution >= 0.6 is 0 Å². The van der Waals surface area contributed by atoms with Crippen LogP contribution in [0.3, 0.4) is 0 Å². The summed E-state index contributed by atoms with van der Waals surface area (Å²) in [6.45, 7) is 2.67. The van der Waals surface area contributed by atoms with Crippen molar-refractivity contribution in [2.45, 2.75) is 32.4 Å². The number of ether oxygens (including phenoxy) is 2. The van der Waals surface area contributed by atoms with Crippen LogP contribution < -0.4 is 14.8 Å². The van der Waals surface area contributed by atoms with Crippen LogP contribution in [-0.2, 0) is 29.0 Å². The van der Waals surface area contributed by atoms with E-state index >= 15 is 0 Å². The van der Waals surface area contributed by atoms with Gasteiger partial charge in [-0.1, -0.05) is 24.3 Å². The molecule has 0 aromatic heterocycles. The number of benzene rings is 3. The Morgan fingerprint density at radius 2 is 1.79 bits per heavy atom. The van der Waals surface area contributed by atoms with Crippen molar-refractivity contribution in [2.75, 3.05) is 19.0 Å². The second-order valence-corrected chi connectivity index (χ2v) is 8.29. The summed E-state index contributed by atoms with van der Waals surface area (Å²) >= 11 is 0. The Morgan fingerprint density at radius 1 is 1.09 bits per heavy atom. The predicted molar refractivity (Wildman–Crippen MR) is 127 cm³/mol. The van der Waals surface area contributed by atoms with E-state index in [9.17, 15) is 14.0 Å². The smallest absolute Gasteiger partial charge is 0.263 e. The molecule has 3 aromatic carbocycles. The lowest BCUT2D eigenvalue weighted by atomic mass is 10.1. The number of methoxy groups -OCH3 is 1. The molecule has 6 nitrogen and oxygen atoms in total. The molecule has 3 aromatic rings. The number of nitrogens with zero attached hydrogens (tertiary/aromatic N) is 1. The largest absolute Gasteiger partial charge is 0.497 e. The van der Waals surface area contributed by atoms with E-state index in [2.05, 4.69) is 5.32 Å². The number of fused-ring (bicyclic) bond motifs is 1. The Balaban J connectivity index is 1.44. The number of anilines is 1. The third kappa shape index (κ3) is 5.73. The molecule has 34 heavy (non-hydrogen) atoms. The fourth-order valence-corrected chi connectivity index (χ4v) is 3.92. The standard InChI is InChI=1S/C27H27FN2O4/c1-18-27(32)30(14-13-19-5-10-24(33-2)11-6-19)17-21-16-23(9-12-25(21)34-18)29-26(31)15-20-3-7-22(28)8-4-20/h3-12,16,18H,13-15,17H2,1-2H3,(H,29,31)/t18-/m1/s1. The van der Waals surface area contributed by atoms with Gasteiger partial charge in [0.05, 0.1) is 13.5 Å². The van der Waals surface area contributed by atoms with Crippen molar-refractivity contribution in [3.63, 3.8) is 0 Å². The van der Waals surface area contributed by atoms with E-state index in [1.807, 2.05) is 30.3 Å². The summed E-state index contributed by atoms with van der Waals surface area (Å²) < 4.78 is 24.2. The van der Waals surface area contributed by atoms with Crippen molar-refractivity contribution in [2.24, 2.45) is 0 Å². The maximum absolute atomic E-state index is 13.1. The van der Waals surface area contributed by atoms with Crippen LogP contribution in [0, 0.1) is 5.82 Å². The molecule has 0 saturated carbocycles. The molecule has 0 fully saturated rings. The van der Waals surface area contributed by atoms with Crippen LogP contribution in [0.1, 0.15) is 23.6 Å². The molecule has 7 heteroatoms. The highest BCUT2D eigenvalue weighted by molar-refractivity contribution is 5.92. The van der Waals surface area contributed by atoms with E-state index in [-0.39, 0.29) is 24.1 Å². The van der Waals surface area contributed by atoms with E-state index in [4.69, 9.17) is 9.47 Å². The monoisotopic (exact) mass is 462 g/mol. The van der Waals surface area contributed by atoms with E-state index in [1.54, 1.807) is 43.2 Å². The van der Waals surface area contributed by atoms with Gasteiger partial charge in [0, 0.05) is 24.3 Å². The molecule has 1 aliphatic rings. The number of rotatable bonds is 7. The second kappa shape index (κ2) is 10.4. The molecule has 0 unspecified atom stereocenters. The second-order valence-electron chi connectivity index (χ2n) is 8.29. The van der Waals surface area contributed by atoms with Crippen molar-refractivity contribution in [1.29, 1.82) is 0 Å². The lowest BCUT2D eigenvalue weighted by Crippen LogP contribution is -2.39. The van der Waals surface area contributed by atoms with Crippen LogP contribution in [0.25, 0.3) is 0 Å². The molecule has 1 aliphatic heterocycles. The molecule has 176 valence electrons. The van der Waals surface area contributed by atoms with Gasteiger partial charge in [0.2, 0.25) is 5.91 Å². The maximum Gasteiger partial charge on any atom is 0.263 e. The highest BCUT2D eigenvalue weighted by Crippen LogP contribution is 2.29. The van der Waals surface area contributed by atoms with E-state index < -0.39 is 6.10 Å². The molecule has 1 N–H and O–H groups in total. The predicted octanol–water partition coefficient (Wildman–Crippen LogP) is 4.37. The number of amides is 2. The zero-order valence-corrected chi connectivity index (χ0v) is 19.2. The molecule has 0 radical (unpaired) electrons. The molecular weight excluding hydrogens is 435 g/mol. The van der Waals surface area contributed by atoms with Crippen LogP contribution in [0.4, 0.5) is 10.1 Å². The summed E-state index contributed by atoms with van der Waals surface area (Å²) in [5.74, 6) is 0.799. The van der Waals surface area contributed by atoms with Gasteiger partial charge in [-0.05, 0) is 66.9 Å². The van der Waals surface area contributed by atoms with Crippen molar-refractivity contribution < 1.29 is 23.5 Å². The molecular formula is C27H27FN2O4. The summed E-state index contributed by atoms with van der Waals surface area (Å²) in [7, 11) is 1.63. The van der Waals surface area contributed by atoms with Crippen molar-refractivity contribution >= 4 is 17.5 Å². The number of hydrogen-bond acceptors (Lipinski definition) is 4. The Hall–Kier alpha value is -3.87. The minimum Gasteiger partial charge on any atom is -0.497 e. The van der Waals surface area contributed by atoms with Gasteiger partial charge in [0.25, 0.3) is 5.91 Å². The van der Waals surface area contributed by atoms with Gasteiger partial charge in [0.15, 0.2) is 6.10 Å². The molecule has 1 heterocycles. The molecule has 0 bridgehead atoms.